The molecule has 0 atom stereocenters. The predicted octanol–water partition coefficient (Wildman–Crippen LogP) is -1.75. The second-order valence-corrected chi connectivity index (χ2v) is 3.65. The minimum Gasteiger partial charge on any atom is -0.368 e. The molecule has 0 aliphatic rings. The van der Waals surface area contributed by atoms with Gasteiger partial charge in [-0.15, -0.1) is 43.4 Å². The fourth-order valence-corrected chi connectivity index (χ4v) is 1.38. The molecule has 0 aromatic carbocycles. The topological polar surface area (TPSA) is 162 Å². The molecule has 3 aromatic heterocycles. The van der Waals surface area contributed by atoms with Gasteiger partial charge in [0, 0.05) is 0 Å². The Bertz CT molecular complexity index is 889. The Morgan fingerprint density at radius 1 is 1.05 bits per heavy atom. The first-order valence-electron chi connectivity index (χ1n) is 5.62. The van der Waals surface area contributed by atoms with Gasteiger partial charge in [0.1, 0.15) is 0 Å². The molecule has 3 heterocycles. The number of nitrogens with two attached hydrogens (primary N) is 1. The van der Waals surface area contributed by atoms with Gasteiger partial charge in [0.25, 0.3) is 11.9 Å². The lowest BCUT2D eigenvalue weighted by molar-refractivity contribution is 0.736. The van der Waals surface area contributed by atoms with Crippen molar-refractivity contribution < 1.29 is 0 Å². The van der Waals surface area contributed by atoms with Crippen molar-refractivity contribution in [2.45, 2.75) is 0 Å². The SMILES string of the molecule is C#Cc1n[nH]c(Nc2nnc(-n3nc(C#C)nc3N)nn2)n1. The molecule has 0 fully saturated rings. The predicted molar refractivity (Wildman–Crippen MR) is 72.5 cm³/mol. The summed E-state index contributed by atoms with van der Waals surface area (Å²) in [6, 6.07) is 0. The van der Waals surface area contributed by atoms with Gasteiger partial charge in [0.2, 0.25) is 23.5 Å². The van der Waals surface area contributed by atoms with E-state index in [1.165, 1.54) is 0 Å². The summed E-state index contributed by atoms with van der Waals surface area (Å²) in [6.07, 6.45) is 10.3. The van der Waals surface area contributed by atoms with Crippen molar-refractivity contribution >= 4 is 17.8 Å². The number of nitrogens with zero attached hydrogens (tertiary/aromatic N) is 9. The molecule has 0 saturated heterocycles. The van der Waals surface area contributed by atoms with E-state index in [0.29, 0.717) is 0 Å². The van der Waals surface area contributed by atoms with Crippen molar-refractivity contribution in [1.82, 2.24) is 50.3 Å². The van der Waals surface area contributed by atoms with Crippen LogP contribution >= 0.6 is 0 Å². The average Bonchev–Trinajstić information content (AvgIpc) is 3.14. The zero-order valence-corrected chi connectivity index (χ0v) is 10.8. The first-order valence-corrected chi connectivity index (χ1v) is 5.62. The molecule has 0 unspecified atom stereocenters. The lowest BCUT2D eigenvalue weighted by atomic mass is 10.7. The number of nitrogen functional groups attached to an aromatic ring is 1. The van der Waals surface area contributed by atoms with Crippen molar-refractivity contribution in [3.05, 3.63) is 11.6 Å². The summed E-state index contributed by atoms with van der Waals surface area (Å²) in [7, 11) is 0. The molecule has 0 radical (unpaired) electrons. The number of anilines is 3. The van der Waals surface area contributed by atoms with Crippen LogP contribution < -0.4 is 11.1 Å². The molecule has 0 spiro atoms. The third kappa shape index (κ3) is 2.35. The lowest BCUT2D eigenvalue weighted by Gasteiger charge is -2.00. The molecule has 0 aliphatic carbocycles. The number of aromatic nitrogens is 10. The minimum absolute atomic E-state index is 0.0129. The van der Waals surface area contributed by atoms with E-state index in [-0.39, 0.29) is 35.4 Å². The van der Waals surface area contributed by atoms with Crippen LogP contribution in [0.2, 0.25) is 0 Å². The molecule has 0 aliphatic heterocycles. The van der Waals surface area contributed by atoms with Gasteiger partial charge < -0.3 is 5.73 Å². The van der Waals surface area contributed by atoms with E-state index in [9.17, 15) is 0 Å². The van der Waals surface area contributed by atoms with Gasteiger partial charge in [-0.3, -0.25) is 5.32 Å². The highest BCUT2D eigenvalue weighted by molar-refractivity contribution is 5.41. The van der Waals surface area contributed by atoms with E-state index < -0.39 is 0 Å². The molecule has 3 aromatic rings. The Hall–Kier alpha value is -4.06. The molecule has 22 heavy (non-hydrogen) atoms. The van der Waals surface area contributed by atoms with Crippen molar-refractivity contribution in [3.8, 4) is 30.6 Å². The maximum absolute atomic E-state index is 5.63. The molecule has 0 amide bonds. The van der Waals surface area contributed by atoms with Crippen LogP contribution in [0.4, 0.5) is 17.8 Å². The Morgan fingerprint density at radius 2 is 1.77 bits per heavy atom. The summed E-state index contributed by atoms with van der Waals surface area (Å²) in [6.45, 7) is 0. The molecule has 12 heteroatoms. The number of hydrogen-bond acceptors (Lipinski definition) is 10. The fourth-order valence-electron chi connectivity index (χ4n) is 1.38. The Morgan fingerprint density at radius 3 is 2.36 bits per heavy atom. The second kappa shape index (κ2) is 5.14. The third-order valence-electron chi connectivity index (χ3n) is 2.26. The first kappa shape index (κ1) is 12.9. The number of hydrogen-bond donors (Lipinski definition) is 3. The van der Waals surface area contributed by atoms with Crippen molar-refractivity contribution in [1.29, 1.82) is 0 Å². The highest BCUT2D eigenvalue weighted by Gasteiger charge is 2.12. The van der Waals surface area contributed by atoms with Crippen LogP contribution in [0.25, 0.3) is 5.95 Å². The van der Waals surface area contributed by atoms with E-state index >= 15 is 0 Å². The van der Waals surface area contributed by atoms with Gasteiger partial charge in [-0.2, -0.15) is 14.6 Å². The number of aromatic amines is 1. The summed E-state index contributed by atoms with van der Waals surface area (Å²) < 4.78 is 1.11. The van der Waals surface area contributed by atoms with Crippen LogP contribution in [0.1, 0.15) is 11.6 Å². The fraction of sp³-hybridized carbons (Fsp3) is 0. The maximum Gasteiger partial charge on any atom is 0.292 e. The van der Waals surface area contributed by atoms with Crippen molar-refractivity contribution in [3.63, 3.8) is 0 Å². The maximum atomic E-state index is 5.63. The van der Waals surface area contributed by atoms with E-state index in [2.05, 4.69) is 62.8 Å². The largest absolute Gasteiger partial charge is 0.368 e. The highest BCUT2D eigenvalue weighted by atomic mass is 15.5. The Kier molecular flexibility index (Phi) is 3.02. The minimum atomic E-state index is 0.0129. The molecule has 3 rings (SSSR count). The molecule has 12 nitrogen and oxygen atoms in total. The van der Waals surface area contributed by atoms with Crippen LogP contribution in [-0.2, 0) is 0 Å². The second-order valence-electron chi connectivity index (χ2n) is 3.65. The van der Waals surface area contributed by atoms with Crippen LogP contribution in [-0.4, -0.2) is 50.3 Å². The third-order valence-corrected chi connectivity index (χ3v) is 2.26. The summed E-state index contributed by atoms with van der Waals surface area (Å²) in [4.78, 5) is 7.72. The molecule has 4 N–H and O–H groups in total. The van der Waals surface area contributed by atoms with Crippen LogP contribution in [0.5, 0.6) is 0 Å². The van der Waals surface area contributed by atoms with E-state index in [1.54, 1.807) is 0 Å². The van der Waals surface area contributed by atoms with E-state index in [4.69, 9.17) is 18.6 Å². The summed E-state index contributed by atoms with van der Waals surface area (Å²) in [5.41, 5.74) is 5.63. The Balaban J connectivity index is 1.82. The van der Waals surface area contributed by atoms with Gasteiger partial charge in [-0.05, 0) is 11.8 Å². The van der Waals surface area contributed by atoms with Crippen LogP contribution in [0, 0.1) is 24.7 Å². The van der Waals surface area contributed by atoms with Gasteiger partial charge >= 0.3 is 0 Å². The van der Waals surface area contributed by atoms with Crippen molar-refractivity contribution in [2.24, 2.45) is 0 Å². The van der Waals surface area contributed by atoms with E-state index in [1.807, 2.05) is 0 Å². The monoisotopic (exact) mass is 294 g/mol. The lowest BCUT2D eigenvalue weighted by Crippen LogP contribution is -2.11. The average molecular weight is 294 g/mol. The summed E-state index contributed by atoms with van der Waals surface area (Å²) >= 11 is 0. The zero-order chi connectivity index (χ0) is 15.5. The molecular weight excluding hydrogens is 288 g/mol. The molecule has 0 saturated carbocycles. The smallest absolute Gasteiger partial charge is 0.292 e. The highest BCUT2D eigenvalue weighted by Crippen LogP contribution is 2.07. The summed E-state index contributed by atoms with van der Waals surface area (Å²) in [5.74, 6) is 5.15. The molecule has 0 bridgehead atoms. The molecular formula is C10H6N12. The zero-order valence-electron chi connectivity index (χ0n) is 10.8. The first-order chi connectivity index (χ1) is 10.7. The normalized spacial score (nSPS) is 9.91. The molecule has 106 valence electrons. The van der Waals surface area contributed by atoms with E-state index in [0.717, 1.165) is 4.68 Å². The number of nitrogens with one attached hydrogen (secondary N) is 2. The van der Waals surface area contributed by atoms with Crippen LogP contribution in [0.3, 0.4) is 0 Å². The number of H-pyrrole nitrogens is 1. The van der Waals surface area contributed by atoms with Gasteiger partial charge in [-0.25, -0.2) is 5.10 Å². The van der Waals surface area contributed by atoms with Gasteiger partial charge in [0.15, 0.2) is 0 Å². The van der Waals surface area contributed by atoms with Crippen molar-refractivity contribution in [2.75, 3.05) is 11.1 Å². The summed E-state index contributed by atoms with van der Waals surface area (Å²) in [5, 5.41) is 28.1. The quantitative estimate of drug-likeness (QED) is 0.472. The standard InChI is InChI=1S/C10H6N12/c1-3-5-13-8(16-15-5)14-9-17-19-10(20-18-9)22-7(11)12-6(4-2)21-22/h1-2H,(H2,11,12,21)(H2,13,14,15,16,17,18). The van der Waals surface area contributed by atoms with Crippen LogP contribution in [0.15, 0.2) is 0 Å². The Labute approximate surface area is 122 Å². The number of terminal acetylenes is 2. The van der Waals surface area contributed by atoms with Gasteiger partial charge in [0.05, 0.1) is 0 Å². The number of rotatable bonds is 3. The van der Waals surface area contributed by atoms with Gasteiger partial charge in [-0.1, -0.05) is 0 Å².